The molecule has 0 spiro atoms. The number of anilines is 1. The number of para-hydroxylation sites is 2. The van der Waals surface area contributed by atoms with E-state index in [1.165, 1.54) is 16.7 Å². The van der Waals surface area contributed by atoms with Crippen molar-refractivity contribution in [2.45, 2.75) is 25.6 Å². The molecule has 5 nitrogen and oxygen atoms in total. The molecule has 1 N–H and O–H groups in total. The van der Waals surface area contributed by atoms with Gasteiger partial charge in [-0.25, -0.2) is 4.79 Å². The van der Waals surface area contributed by atoms with Crippen LogP contribution in [0.5, 0.6) is 0 Å². The summed E-state index contributed by atoms with van der Waals surface area (Å²) in [6, 6.07) is 11.4. The number of aryl methyl sites for hydroxylation is 1. The number of hydrogen-bond acceptors (Lipinski definition) is 3. The minimum absolute atomic E-state index is 0.0577. The Hall–Kier alpha value is -3.03. The number of carbonyl (C=O) groups excluding carboxylic acids is 1. The lowest BCUT2D eigenvalue weighted by Crippen LogP contribution is -2.17. The Morgan fingerprint density at radius 3 is 2.65 bits per heavy atom. The van der Waals surface area contributed by atoms with E-state index in [4.69, 9.17) is 4.42 Å². The van der Waals surface area contributed by atoms with Gasteiger partial charge in [0, 0.05) is 18.7 Å². The van der Waals surface area contributed by atoms with Crippen molar-refractivity contribution in [2.75, 3.05) is 5.32 Å². The van der Waals surface area contributed by atoms with Crippen LogP contribution in [0.2, 0.25) is 0 Å². The van der Waals surface area contributed by atoms with Crippen molar-refractivity contribution in [2.24, 2.45) is 0 Å². The summed E-state index contributed by atoms with van der Waals surface area (Å²) in [5.74, 6) is -0.935. The molecule has 0 aliphatic heterocycles. The molecule has 0 radical (unpaired) electrons. The van der Waals surface area contributed by atoms with Gasteiger partial charge in [-0.3, -0.25) is 9.36 Å². The van der Waals surface area contributed by atoms with Gasteiger partial charge in [-0.2, -0.15) is 13.2 Å². The van der Waals surface area contributed by atoms with Gasteiger partial charge >= 0.3 is 11.9 Å². The second-order valence-corrected chi connectivity index (χ2v) is 5.72. The van der Waals surface area contributed by atoms with E-state index in [9.17, 15) is 22.8 Å². The van der Waals surface area contributed by atoms with Crippen molar-refractivity contribution < 1.29 is 22.4 Å². The molecule has 0 aliphatic rings. The number of oxazole rings is 1. The van der Waals surface area contributed by atoms with Crippen LogP contribution in [-0.4, -0.2) is 10.5 Å². The summed E-state index contributed by atoms with van der Waals surface area (Å²) in [4.78, 5) is 23.8. The van der Waals surface area contributed by atoms with Gasteiger partial charge in [0.1, 0.15) is 0 Å². The zero-order chi connectivity index (χ0) is 18.7. The first-order chi connectivity index (χ1) is 12.3. The normalized spacial score (nSPS) is 11.7. The molecule has 3 aromatic rings. The lowest BCUT2D eigenvalue weighted by atomic mass is 10.2. The number of nitrogens with zero attached hydrogens (tertiary/aromatic N) is 1. The lowest BCUT2D eigenvalue weighted by molar-refractivity contribution is -0.137. The third-order valence-corrected chi connectivity index (χ3v) is 3.83. The lowest BCUT2D eigenvalue weighted by Gasteiger charge is -2.10. The third-order valence-electron chi connectivity index (χ3n) is 3.83. The van der Waals surface area contributed by atoms with Crippen LogP contribution in [0.25, 0.3) is 11.1 Å². The van der Waals surface area contributed by atoms with Crippen molar-refractivity contribution in [1.82, 2.24) is 4.57 Å². The number of halogens is 3. The topological polar surface area (TPSA) is 64.2 Å². The van der Waals surface area contributed by atoms with Gasteiger partial charge in [0.15, 0.2) is 5.58 Å². The van der Waals surface area contributed by atoms with E-state index in [0.717, 1.165) is 12.1 Å². The summed E-state index contributed by atoms with van der Waals surface area (Å²) in [7, 11) is 0. The Morgan fingerprint density at radius 2 is 1.88 bits per heavy atom. The fourth-order valence-corrected chi connectivity index (χ4v) is 2.62. The van der Waals surface area contributed by atoms with E-state index in [1.54, 1.807) is 24.3 Å². The van der Waals surface area contributed by atoms with Crippen LogP contribution < -0.4 is 11.1 Å². The fourth-order valence-electron chi connectivity index (χ4n) is 2.62. The molecule has 1 heterocycles. The first kappa shape index (κ1) is 17.8. The SMILES string of the molecule is O=C(CCCn1c(=O)oc2ccccc21)Nc1cccc(C(F)(F)F)c1. The minimum Gasteiger partial charge on any atom is -0.408 e. The molecule has 0 unspecified atom stereocenters. The smallest absolute Gasteiger partial charge is 0.408 e. The fraction of sp³-hybridized carbons (Fsp3) is 0.222. The average Bonchev–Trinajstić information content (AvgIpc) is 2.90. The first-order valence-corrected chi connectivity index (χ1v) is 7.90. The molecular formula is C18H15F3N2O3. The van der Waals surface area contributed by atoms with Gasteiger partial charge in [-0.05, 0) is 36.8 Å². The van der Waals surface area contributed by atoms with Crippen LogP contribution in [0.15, 0.2) is 57.7 Å². The highest BCUT2D eigenvalue weighted by Gasteiger charge is 2.30. The molecule has 0 fully saturated rings. The van der Waals surface area contributed by atoms with Gasteiger partial charge in [-0.1, -0.05) is 18.2 Å². The molecule has 0 bridgehead atoms. The van der Waals surface area contributed by atoms with Crippen molar-refractivity contribution in [3.05, 3.63) is 64.6 Å². The van der Waals surface area contributed by atoms with E-state index >= 15 is 0 Å². The third kappa shape index (κ3) is 3.96. The summed E-state index contributed by atoms with van der Waals surface area (Å²) in [6.07, 6.45) is -4.07. The largest absolute Gasteiger partial charge is 0.419 e. The predicted octanol–water partition coefficient (Wildman–Crippen LogP) is 4.03. The van der Waals surface area contributed by atoms with Crippen LogP contribution in [0, 0.1) is 0 Å². The number of benzene rings is 2. The predicted molar refractivity (Wildman–Crippen MR) is 89.8 cm³/mol. The van der Waals surface area contributed by atoms with Crippen LogP contribution in [0.1, 0.15) is 18.4 Å². The number of hydrogen-bond donors (Lipinski definition) is 1. The highest BCUT2D eigenvalue weighted by Crippen LogP contribution is 2.30. The van der Waals surface area contributed by atoms with Crippen molar-refractivity contribution in [1.29, 1.82) is 0 Å². The maximum Gasteiger partial charge on any atom is 0.419 e. The van der Waals surface area contributed by atoms with Crippen LogP contribution in [0.4, 0.5) is 18.9 Å². The maximum absolute atomic E-state index is 12.7. The van der Waals surface area contributed by atoms with Crippen molar-refractivity contribution in [3.8, 4) is 0 Å². The average molecular weight is 364 g/mol. The van der Waals surface area contributed by atoms with E-state index in [0.29, 0.717) is 17.5 Å². The number of rotatable bonds is 5. The molecule has 136 valence electrons. The van der Waals surface area contributed by atoms with Crippen LogP contribution in [-0.2, 0) is 17.5 Å². The molecule has 1 aromatic heterocycles. The van der Waals surface area contributed by atoms with E-state index in [-0.39, 0.29) is 18.7 Å². The van der Waals surface area contributed by atoms with Gasteiger partial charge in [0.25, 0.3) is 0 Å². The Morgan fingerprint density at radius 1 is 1.12 bits per heavy atom. The van der Waals surface area contributed by atoms with Crippen molar-refractivity contribution >= 4 is 22.7 Å². The van der Waals surface area contributed by atoms with Gasteiger partial charge in [-0.15, -0.1) is 0 Å². The summed E-state index contributed by atoms with van der Waals surface area (Å²) >= 11 is 0. The zero-order valence-electron chi connectivity index (χ0n) is 13.5. The Labute approximate surface area is 146 Å². The molecule has 0 saturated heterocycles. The molecule has 1 amide bonds. The van der Waals surface area contributed by atoms with Crippen LogP contribution in [0.3, 0.4) is 0 Å². The van der Waals surface area contributed by atoms with Crippen molar-refractivity contribution in [3.63, 3.8) is 0 Å². The zero-order valence-corrected chi connectivity index (χ0v) is 13.5. The Balaban J connectivity index is 1.59. The van der Waals surface area contributed by atoms with Gasteiger partial charge in [0.2, 0.25) is 5.91 Å². The second-order valence-electron chi connectivity index (χ2n) is 5.72. The molecule has 2 aromatic carbocycles. The number of aromatic nitrogens is 1. The monoisotopic (exact) mass is 364 g/mol. The molecule has 8 heteroatoms. The Bertz CT molecular complexity index is 989. The summed E-state index contributed by atoms with van der Waals surface area (Å²) < 4.78 is 44.6. The van der Waals surface area contributed by atoms with E-state index < -0.39 is 23.4 Å². The quantitative estimate of drug-likeness (QED) is 0.743. The highest BCUT2D eigenvalue weighted by molar-refractivity contribution is 5.90. The number of fused-ring (bicyclic) bond motifs is 1. The van der Waals surface area contributed by atoms with E-state index in [2.05, 4.69) is 5.32 Å². The van der Waals surface area contributed by atoms with Gasteiger partial charge in [0.05, 0.1) is 11.1 Å². The minimum atomic E-state index is -4.47. The molecule has 0 saturated carbocycles. The second kappa shape index (κ2) is 7.07. The summed E-state index contributed by atoms with van der Waals surface area (Å²) in [5.41, 5.74) is 0.351. The molecular weight excluding hydrogens is 349 g/mol. The van der Waals surface area contributed by atoms with Gasteiger partial charge < -0.3 is 9.73 Å². The number of amides is 1. The molecule has 0 aliphatic carbocycles. The summed E-state index contributed by atoms with van der Waals surface area (Å²) in [6.45, 7) is 0.270. The number of alkyl halides is 3. The molecule has 3 rings (SSSR count). The number of carbonyl (C=O) groups is 1. The first-order valence-electron chi connectivity index (χ1n) is 7.90. The maximum atomic E-state index is 12.7. The Kier molecular flexibility index (Phi) is 4.83. The standard InChI is InChI=1S/C18H15F3N2O3/c19-18(20,21)12-5-3-6-13(11-12)22-16(24)9-4-10-23-14-7-1-2-8-15(14)26-17(23)25/h1-3,5-8,11H,4,9-10H2,(H,22,24). The highest BCUT2D eigenvalue weighted by atomic mass is 19.4. The van der Waals surface area contributed by atoms with E-state index in [1.807, 2.05) is 0 Å². The number of nitrogens with one attached hydrogen (secondary N) is 1. The summed E-state index contributed by atoms with van der Waals surface area (Å²) in [5, 5.41) is 2.44. The van der Waals surface area contributed by atoms with Crippen LogP contribution >= 0.6 is 0 Å². The molecule has 0 atom stereocenters. The molecule has 26 heavy (non-hydrogen) atoms.